The minimum Gasteiger partial charge on any atom is -0.388 e. The van der Waals surface area contributed by atoms with Gasteiger partial charge in [-0.1, -0.05) is 13.8 Å². The van der Waals surface area contributed by atoms with Crippen LogP contribution in [0.1, 0.15) is 77.2 Å². The molecule has 6 N–H and O–H groups in total. The number of hydrogen-bond donors (Lipinski definition) is 5. The summed E-state index contributed by atoms with van der Waals surface area (Å²) < 4.78 is 27.8. The fourth-order valence-electron chi connectivity index (χ4n) is 4.49. The molecule has 4 atom stereocenters. The monoisotopic (exact) mass is 576 g/mol. The van der Waals surface area contributed by atoms with Crippen molar-refractivity contribution in [3.63, 3.8) is 0 Å². The smallest absolute Gasteiger partial charge is 0.253 e. The molecule has 0 unspecified atom stereocenters. The molecule has 0 aromatic heterocycles. The Kier molecular flexibility index (Phi) is 12.3. The van der Waals surface area contributed by atoms with E-state index in [-0.39, 0.29) is 28.7 Å². The van der Waals surface area contributed by atoms with Crippen LogP contribution in [0.3, 0.4) is 0 Å². The number of rotatable bonds is 14. The van der Waals surface area contributed by atoms with Crippen molar-refractivity contribution in [2.24, 2.45) is 5.73 Å². The highest BCUT2D eigenvalue weighted by Crippen LogP contribution is 2.18. The van der Waals surface area contributed by atoms with Crippen molar-refractivity contribution in [3.05, 3.63) is 70.3 Å². The Morgan fingerprint density at radius 3 is 1.90 bits per heavy atom. The molecule has 2 rings (SSSR count). The van der Waals surface area contributed by atoms with Crippen LogP contribution in [0.4, 0.5) is 8.78 Å². The molecule has 0 bridgehead atoms. The molecule has 10 nitrogen and oxygen atoms in total. The van der Waals surface area contributed by atoms with Crippen molar-refractivity contribution in [3.8, 4) is 0 Å². The largest absolute Gasteiger partial charge is 0.388 e. The van der Waals surface area contributed by atoms with Gasteiger partial charge in [0.2, 0.25) is 11.8 Å². The van der Waals surface area contributed by atoms with Gasteiger partial charge in [0.1, 0.15) is 23.8 Å². The first-order valence-electron chi connectivity index (χ1n) is 13.4. The van der Waals surface area contributed by atoms with Gasteiger partial charge < -0.3 is 31.5 Å². The van der Waals surface area contributed by atoms with E-state index in [1.165, 1.54) is 32.0 Å². The average Bonchev–Trinajstić information content (AvgIpc) is 2.90. The van der Waals surface area contributed by atoms with Crippen LogP contribution in [0.25, 0.3) is 0 Å². The lowest BCUT2D eigenvalue weighted by atomic mass is 9.94. The third kappa shape index (κ3) is 9.61. The predicted octanol–water partition coefficient (Wildman–Crippen LogP) is 1.91. The minimum absolute atomic E-state index is 0.0527. The zero-order valence-corrected chi connectivity index (χ0v) is 23.6. The summed E-state index contributed by atoms with van der Waals surface area (Å²) in [6.07, 6.45) is -2.24. The molecule has 0 aliphatic carbocycles. The van der Waals surface area contributed by atoms with Crippen LogP contribution in [0.15, 0.2) is 36.4 Å². The van der Waals surface area contributed by atoms with Crippen molar-refractivity contribution in [1.29, 1.82) is 0 Å². The molecule has 0 fully saturated rings. The first kappa shape index (κ1) is 33.3. The van der Waals surface area contributed by atoms with Gasteiger partial charge in [-0.05, 0) is 62.1 Å². The minimum atomic E-state index is -1.71. The lowest BCUT2D eigenvalue weighted by Crippen LogP contribution is -2.55. The molecule has 4 amide bonds. The molecule has 41 heavy (non-hydrogen) atoms. The molecule has 2 aromatic carbocycles. The fraction of sp³-hybridized carbons (Fsp3) is 0.448. The van der Waals surface area contributed by atoms with E-state index in [0.29, 0.717) is 32.0 Å². The number of nitrogens with two attached hydrogens (primary N) is 1. The molecule has 0 saturated heterocycles. The highest BCUT2D eigenvalue weighted by Gasteiger charge is 2.32. The summed E-state index contributed by atoms with van der Waals surface area (Å²) in [6.45, 7) is 7.38. The van der Waals surface area contributed by atoms with Crippen LogP contribution >= 0.6 is 0 Å². The maximum absolute atomic E-state index is 13.9. The van der Waals surface area contributed by atoms with E-state index in [0.717, 1.165) is 12.1 Å². The van der Waals surface area contributed by atoms with E-state index in [1.54, 1.807) is 4.90 Å². The Hall–Kier alpha value is -3.90. The summed E-state index contributed by atoms with van der Waals surface area (Å²) >= 11 is 0. The van der Waals surface area contributed by atoms with Gasteiger partial charge >= 0.3 is 0 Å². The zero-order valence-electron chi connectivity index (χ0n) is 23.6. The number of primary amides is 1. The lowest BCUT2D eigenvalue weighted by Gasteiger charge is -2.31. The van der Waals surface area contributed by atoms with Crippen LogP contribution in [0.5, 0.6) is 0 Å². The van der Waals surface area contributed by atoms with Gasteiger partial charge in [-0.2, -0.15) is 0 Å². The Morgan fingerprint density at radius 2 is 1.39 bits per heavy atom. The second kappa shape index (κ2) is 15.2. The molecule has 0 aliphatic heterocycles. The van der Waals surface area contributed by atoms with Gasteiger partial charge in [0.15, 0.2) is 0 Å². The average molecular weight is 577 g/mol. The van der Waals surface area contributed by atoms with E-state index in [4.69, 9.17) is 5.73 Å². The van der Waals surface area contributed by atoms with Crippen molar-refractivity contribution < 1.29 is 38.2 Å². The van der Waals surface area contributed by atoms with Crippen LogP contribution in [0, 0.1) is 11.6 Å². The fourth-order valence-corrected chi connectivity index (χ4v) is 4.49. The number of nitrogens with one attached hydrogen (secondary N) is 2. The Labute approximate surface area is 237 Å². The van der Waals surface area contributed by atoms with Crippen LogP contribution < -0.4 is 16.4 Å². The van der Waals surface area contributed by atoms with Crippen molar-refractivity contribution in [1.82, 2.24) is 15.5 Å². The number of benzene rings is 2. The Bertz CT molecular complexity index is 1230. The molecule has 2 aromatic rings. The molecule has 0 spiro atoms. The number of nitrogens with zero attached hydrogens (tertiary/aromatic N) is 1. The zero-order chi connectivity index (χ0) is 30.9. The van der Waals surface area contributed by atoms with Gasteiger partial charge in [-0.15, -0.1) is 0 Å². The summed E-state index contributed by atoms with van der Waals surface area (Å²) in [6, 6.07) is 4.18. The van der Waals surface area contributed by atoms with Gasteiger partial charge in [-0.25, -0.2) is 8.78 Å². The summed E-state index contributed by atoms with van der Waals surface area (Å²) in [5, 5.41) is 26.7. The topological polar surface area (TPSA) is 162 Å². The normalized spacial score (nSPS) is 14.0. The molecular weight excluding hydrogens is 538 g/mol. The van der Waals surface area contributed by atoms with Crippen molar-refractivity contribution in [2.45, 2.75) is 71.2 Å². The first-order valence-corrected chi connectivity index (χ1v) is 13.4. The second-order valence-corrected chi connectivity index (χ2v) is 9.99. The lowest BCUT2D eigenvalue weighted by molar-refractivity contribution is -0.121. The number of amides is 4. The van der Waals surface area contributed by atoms with Crippen LogP contribution in [-0.4, -0.2) is 76.1 Å². The first-order chi connectivity index (χ1) is 19.3. The SMILES string of the molecule is CCCN(CCC)C(=O)c1cc(C(N)=O)cc(C(=O)N[C@H](Cc2cc(F)cc(F)c2)[C@@H](O)[C@H](O)[C@H](C)NC(C)=O)c1. The van der Waals surface area contributed by atoms with Gasteiger partial charge in [0.05, 0.1) is 12.1 Å². The molecule has 12 heteroatoms. The quantitative estimate of drug-likeness (QED) is 0.231. The third-order valence-electron chi connectivity index (χ3n) is 6.40. The summed E-state index contributed by atoms with van der Waals surface area (Å²) in [7, 11) is 0. The van der Waals surface area contributed by atoms with Crippen LogP contribution in [-0.2, 0) is 11.2 Å². The molecule has 0 radical (unpaired) electrons. The number of halogens is 2. The van der Waals surface area contributed by atoms with Crippen molar-refractivity contribution >= 4 is 23.6 Å². The third-order valence-corrected chi connectivity index (χ3v) is 6.40. The van der Waals surface area contributed by atoms with Crippen LogP contribution in [0.2, 0.25) is 0 Å². The van der Waals surface area contributed by atoms with E-state index < -0.39 is 59.6 Å². The van der Waals surface area contributed by atoms with Crippen molar-refractivity contribution in [2.75, 3.05) is 13.1 Å². The van der Waals surface area contributed by atoms with E-state index in [9.17, 15) is 38.2 Å². The van der Waals surface area contributed by atoms with E-state index in [2.05, 4.69) is 10.6 Å². The number of aliphatic hydroxyl groups is 2. The number of carbonyl (C=O) groups is 4. The highest BCUT2D eigenvalue weighted by atomic mass is 19.1. The predicted molar refractivity (Wildman–Crippen MR) is 148 cm³/mol. The second-order valence-electron chi connectivity index (χ2n) is 9.99. The number of carbonyl (C=O) groups excluding carboxylic acids is 4. The van der Waals surface area contributed by atoms with Gasteiger partial charge in [-0.3, -0.25) is 19.2 Å². The Morgan fingerprint density at radius 1 is 0.854 bits per heavy atom. The molecule has 224 valence electrons. The standard InChI is InChI=1S/C29H38F2N4O6/c1-5-7-35(8-6-2)29(41)21-13-19(27(32)39)12-20(14-21)28(40)34-24(11-18-9-22(30)15-23(31)10-18)26(38)25(37)16(3)33-17(4)36/h9-10,12-16,24-26,37-38H,5-8,11H2,1-4H3,(H2,32,39)(H,33,36)(H,34,40)/t16-,24+,25+,26+/m0/s1. The highest BCUT2D eigenvalue weighted by molar-refractivity contribution is 6.04. The summed E-state index contributed by atoms with van der Waals surface area (Å²) in [5.41, 5.74) is 5.35. The summed E-state index contributed by atoms with van der Waals surface area (Å²) in [4.78, 5) is 51.7. The maximum atomic E-state index is 13.9. The van der Waals surface area contributed by atoms with Gasteiger partial charge in [0.25, 0.3) is 11.8 Å². The maximum Gasteiger partial charge on any atom is 0.253 e. The molecular formula is C29H38F2N4O6. The Balaban J connectivity index is 2.48. The van der Waals surface area contributed by atoms with E-state index in [1.807, 2.05) is 13.8 Å². The van der Waals surface area contributed by atoms with Gasteiger partial charge in [0, 0.05) is 42.8 Å². The summed E-state index contributed by atoms with van der Waals surface area (Å²) in [5.74, 6) is -4.37. The number of hydrogen-bond acceptors (Lipinski definition) is 6. The molecule has 0 heterocycles. The molecule has 0 aliphatic rings. The number of aliphatic hydroxyl groups excluding tert-OH is 2. The molecule has 0 saturated carbocycles. The van der Waals surface area contributed by atoms with E-state index >= 15 is 0 Å².